The Morgan fingerprint density at radius 1 is 1.31 bits per heavy atom. The molecule has 181 valence electrons. The SMILES string of the molecule is CC(C)[C@@]1([C@@H](OC(=O)CCC(=O)O)[C@@]23[CH-][C@@]4(C)CCC5=C(COC5=O)C4C[C@@H]2O3)[CH-]O1.[Ho]. The number of carboxylic acids is 1. The van der Waals surface area contributed by atoms with Crippen LogP contribution >= 0.6 is 0 Å². The van der Waals surface area contributed by atoms with E-state index in [4.69, 9.17) is 24.1 Å². The number of carbonyl (C=O) groups is 3. The summed E-state index contributed by atoms with van der Waals surface area (Å²) in [4.78, 5) is 35.5. The molecular weight excluding hydrogens is 569 g/mol. The van der Waals surface area contributed by atoms with Crippen molar-refractivity contribution in [3.63, 3.8) is 0 Å². The third-order valence-electron chi connectivity index (χ3n) is 7.82. The summed E-state index contributed by atoms with van der Waals surface area (Å²) < 4.78 is 23.2. The molecule has 1 N–H and O–H groups in total. The fraction of sp³-hybridized carbons (Fsp3) is 0.696. The molecule has 1 radical (unpaired) electrons. The van der Waals surface area contributed by atoms with E-state index in [0.717, 1.165) is 24.0 Å². The van der Waals surface area contributed by atoms with Crippen LogP contribution in [0, 0.1) is 68.0 Å². The zero-order chi connectivity index (χ0) is 22.2. The van der Waals surface area contributed by atoms with Gasteiger partial charge >= 0.3 is 17.9 Å². The van der Waals surface area contributed by atoms with Crippen LogP contribution in [0.25, 0.3) is 0 Å². The van der Waals surface area contributed by atoms with Gasteiger partial charge in [0.2, 0.25) is 0 Å². The van der Waals surface area contributed by atoms with E-state index in [1.165, 1.54) is 0 Å². The fourth-order valence-electron chi connectivity index (χ4n) is 5.88. The average Bonchev–Trinajstić information content (AvgIpc) is 3.60. The van der Waals surface area contributed by atoms with E-state index in [0.29, 0.717) is 13.0 Å². The summed E-state index contributed by atoms with van der Waals surface area (Å²) in [5.74, 6) is -1.60. The van der Waals surface area contributed by atoms with Crippen LogP contribution in [0.4, 0.5) is 0 Å². The second-order valence-corrected chi connectivity index (χ2v) is 9.99. The first-order chi connectivity index (χ1) is 14.6. The van der Waals surface area contributed by atoms with Crippen LogP contribution in [0.3, 0.4) is 0 Å². The third kappa shape index (κ3) is 3.74. The molecule has 32 heavy (non-hydrogen) atoms. The molecule has 0 spiro atoms. The second-order valence-electron chi connectivity index (χ2n) is 9.99. The first kappa shape index (κ1) is 24.5. The van der Waals surface area contributed by atoms with Gasteiger partial charge in [0.15, 0.2) is 0 Å². The Labute approximate surface area is 217 Å². The summed E-state index contributed by atoms with van der Waals surface area (Å²) in [6.45, 7) is 8.23. The van der Waals surface area contributed by atoms with Crippen molar-refractivity contribution in [1.82, 2.24) is 0 Å². The smallest absolute Gasteiger partial charge is 0.334 e. The zero-order valence-corrected chi connectivity index (χ0v) is 20.2. The zero-order valence-electron chi connectivity index (χ0n) is 18.3. The van der Waals surface area contributed by atoms with Crippen LogP contribution in [-0.4, -0.2) is 53.0 Å². The number of hydrogen-bond donors (Lipinski definition) is 1. The van der Waals surface area contributed by atoms with E-state index in [-0.39, 0.29) is 79.9 Å². The summed E-state index contributed by atoms with van der Waals surface area (Å²) >= 11 is 0. The topological polar surface area (TPSA) is 115 Å². The quantitative estimate of drug-likeness (QED) is 0.206. The maximum absolute atomic E-state index is 12.5. The van der Waals surface area contributed by atoms with Gasteiger partial charge in [0.1, 0.15) is 12.7 Å². The van der Waals surface area contributed by atoms with Crippen molar-refractivity contribution in [2.75, 3.05) is 6.61 Å². The molecule has 1 unspecified atom stereocenters. The Bertz CT molecular complexity index is 877. The van der Waals surface area contributed by atoms with Crippen molar-refractivity contribution in [3.05, 3.63) is 24.2 Å². The molecule has 3 heterocycles. The Morgan fingerprint density at radius 3 is 2.66 bits per heavy atom. The summed E-state index contributed by atoms with van der Waals surface area (Å²) in [7, 11) is 0. The first-order valence-corrected chi connectivity index (χ1v) is 11.0. The molecule has 2 aliphatic carbocycles. The molecule has 5 rings (SSSR count). The number of fused-ring (bicyclic) bond motifs is 3. The monoisotopic (exact) mass is 597 g/mol. The minimum absolute atomic E-state index is 0. The number of ether oxygens (including phenoxy) is 4. The number of esters is 2. The number of rotatable bonds is 7. The van der Waals surface area contributed by atoms with E-state index in [9.17, 15) is 14.4 Å². The van der Waals surface area contributed by atoms with Crippen LogP contribution in [0.1, 0.15) is 52.9 Å². The van der Waals surface area contributed by atoms with Gasteiger partial charge in [0.05, 0.1) is 18.9 Å². The maximum Gasteiger partial charge on any atom is 0.334 e. The van der Waals surface area contributed by atoms with Crippen molar-refractivity contribution in [1.29, 1.82) is 0 Å². The molecule has 3 fully saturated rings. The Hall–Kier alpha value is -0.670. The normalized spacial score (nSPS) is 39.8. The van der Waals surface area contributed by atoms with Gasteiger partial charge in [-0.05, 0) is 35.9 Å². The molecule has 0 aromatic heterocycles. The molecular formula is C23H28HoO8-2. The molecule has 0 amide bonds. The van der Waals surface area contributed by atoms with Crippen LogP contribution in [0.15, 0.2) is 11.1 Å². The van der Waals surface area contributed by atoms with Gasteiger partial charge in [-0.25, -0.2) is 4.79 Å². The van der Waals surface area contributed by atoms with Crippen molar-refractivity contribution in [2.24, 2.45) is 17.3 Å². The number of hydrogen-bond acceptors (Lipinski definition) is 7. The van der Waals surface area contributed by atoms with Gasteiger partial charge in [-0.2, -0.15) is 6.61 Å². The predicted molar refractivity (Wildman–Crippen MR) is 105 cm³/mol. The summed E-state index contributed by atoms with van der Waals surface area (Å²) in [6.07, 6.45) is 3.05. The largest absolute Gasteiger partial charge is 0.564 e. The standard InChI is InChI=1S/C23H28O8.Ho/c1-12(2)23(11-29-23)20(30-18(26)5-4-17(24)25)22-10-21(3)7-6-13-14(9-28-19(13)27)15(21)8-16(22)31-22;/h10-12,15-16,20H,4-9H2,1-3H3,(H,24,25);/q-2;/t15?,16-,20-,21+,22+,23+;/m0./s1. The summed E-state index contributed by atoms with van der Waals surface area (Å²) in [6, 6.07) is 0. The van der Waals surface area contributed by atoms with Gasteiger partial charge in [0.25, 0.3) is 0 Å². The molecule has 9 heteroatoms. The molecule has 6 atom stereocenters. The molecule has 0 aromatic rings. The molecule has 5 aliphatic rings. The van der Waals surface area contributed by atoms with Crippen molar-refractivity contribution >= 4 is 17.9 Å². The van der Waals surface area contributed by atoms with E-state index < -0.39 is 29.2 Å². The minimum Gasteiger partial charge on any atom is -0.564 e. The summed E-state index contributed by atoms with van der Waals surface area (Å²) in [5, 5.41) is 8.91. The molecule has 3 aliphatic heterocycles. The molecule has 1 saturated carbocycles. The van der Waals surface area contributed by atoms with E-state index in [1.807, 2.05) is 13.8 Å². The van der Waals surface area contributed by atoms with Crippen LogP contribution in [0.2, 0.25) is 0 Å². The van der Waals surface area contributed by atoms with Crippen molar-refractivity contribution < 1.29 is 76.2 Å². The fourth-order valence-corrected chi connectivity index (χ4v) is 5.88. The van der Waals surface area contributed by atoms with Gasteiger partial charge in [-0.3, -0.25) is 16.0 Å². The van der Waals surface area contributed by atoms with E-state index in [1.54, 1.807) is 6.61 Å². The van der Waals surface area contributed by atoms with Gasteiger partial charge < -0.3 is 24.1 Å². The third-order valence-corrected chi connectivity index (χ3v) is 7.82. The first-order valence-electron chi connectivity index (χ1n) is 11.0. The van der Waals surface area contributed by atoms with Gasteiger partial charge in [-0.15, -0.1) is 5.41 Å². The molecule has 0 bridgehead atoms. The minimum atomic E-state index is -1.04. The maximum atomic E-state index is 12.5. The summed E-state index contributed by atoms with van der Waals surface area (Å²) in [5.41, 5.74) is 0.153. The van der Waals surface area contributed by atoms with Gasteiger partial charge in [0, 0.05) is 48.9 Å². The molecule has 0 aromatic carbocycles. The number of carbonyl (C=O) groups excluding carboxylic acids is 2. The average molecular weight is 597 g/mol. The number of aliphatic carboxylic acids is 1. The number of carboxylic acid groups (broad SMARTS) is 1. The Balaban J connectivity index is 0.00000245. The van der Waals surface area contributed by atoms with Crippen molar-refractivity contribution in [3.8, 4) is 0 Å². The van der Waals surface area contributed by atoms with E-state index >= 15 is 0 Å². The Kier molecular flexibility index (Phi) is 6.28. The van der Waals surface area contributed by atoms with Crippen LogP contribution in [-0.2, 0) is 33.3 Å². The van der Waals surface area contributed by atoms with Gasteiger partial charge in [-0.1, -0.05) is 27.2 Å². The molecule has 2 saturated heterocycles. The second kappa shape index (κ2) is 8.22. The number of cyclic esters (lactones) is 1. The Morgan fingerprint density at radius 2 is 2.03 bits per heavy atom. The number of epoxide rings is 2. The predicted octanol–water partition coefficient (Wildman–Crippen LogP) is 2.37. The van der Waals surface area contributed by atoms with Crippen LogP contribution in [0.5, 0.6) is 0 Å². The molecule has 8 nitrogen and oxygen atoms in total. The van der Waals surface area contributed by atoms with Crippen molar-refractivity contribution in [2.45, 2.75) is 76.3 Å². The van der Waals surface area contributed by atoms with E-state index in [2.05, 4.69) is 13.3 Å². The van der Waals surface area contributed by atoms with Crippen LogP contribution < -0.4 is 0 Å².